The molecule has 7 heteroatoms. The van der Waals surface area contributed by atoms with Crippen LogP contribution in [0.4, 0.5) is 16.2 Å². The number of fused-ring (bicyclic) bond motifs is 2. The van der Waals surface area contributed by atoms with Gasteiger partial charge < -0.3 is 9.64 Å². The van der Waals surface area contributed by atoms with Crippen LogP contribution >= 0.6 is 0 Å². The standard InChI is InChI=1S/C22H24N4O3/c1-14(2)15-5-7-16(8-6-15)24-22(28)29-17-9-10-19-18(13-17)20(27)26-12-4-11-23-21(26)25(19)3/h5-10,13-14H,4,11-12H2,1-3H3,(H,24,28). The molecule has 2 aliphatic heterocycles. The fourth-order valence-electron chi connectivity index (χ4n) is 3.57. The molecule has 0 bridgehead atoms. The van der Waals surface area contributed by atoms with E-state index < -0.39 is 6.09 Å². The molecule has 7 nitrogen and oxygen atoms in total. The number of benzene rings is 2. The van der Waals surface area contributed by atoms with Gasteiger partial charge in [0.05, 0.1) is 11.3 Å². The Morgan fingerprint density at radius 1 is 1.17 bits per heavy atom. The number of nitrogens with one attached hydrogen (secondary N) is 1. The highest BCUT2D eigenvalue weighted by atomic mass is 16.6. The van der Waals surface area contributed by atoms with E-state index in [1.165, 1.54) is 5.56 Å². The summed E-state index contributed by atoms with van der Waals surface area (Å²) in [5.74, 6) is 1.29. The van der Waals surface area contributed by atoms with Crippen molar-refractivity contribution in [3.05, 3.63) is 53.6 Å². The van der Waals surface area contributed by atoms with Gasteiger partial charge in [0.2, 0.25) is 5.96 Å². The molecule has 4 rings (SSSR count). The zero-order valence-electron chi connectivity index (χ0n) is 16.8. The second kappa shape index (κ2) is 7.58. The summed E-state index contributed by atoms with van der Waals surface area (Å²) in [7, 11) is 1.89. The minimum atomic E-state index is -0.598. The number of hydrogen-bond acceptors (Lipinski definition) is 5. The molecule has 0 atom stereocenters. The molecule has 29 heavy (non-hydrogen) atoms. The summed E-state index contributed by atoms with van der Waals surface area (Å²) >= 11 is 0. The molecular weight excluding hydrogens is 368 g/mol. The summed E-state index contributed by atoms with van der Waals surface area (Å²) in [5, 5.41) is 2.72. The van der Waals surface area contributed by atoms with Gasteiger partial charge in [-0.1, -0.05) is 26.0 Å². The van der Waals surface area contributed by atoms with E-state index in [9.17, 15) is 9.59 Å². The maximum Gasteiger partial charge on any atom is 0.417 e. The lowest BCUT2D eigenvalue weighted by molar-refractivity contribution is 0.0834. The van der Waals surface area contributed by atoms with Crippen molar-refractivity contribution >= 4 is 29.3 Å². The Labute approximate surface area is 170 Å². The molecule has 0 saturated carbocycles. The van der Waals surface area contributed by atoms with E-state index in [4.69, 9.17) is 4.74 Å². The molecular formula is C22H24N4O3. The van der Waals surface area contributed by atoms with Crippen LogP contribution in [0.25, 0.3) is 0 Å². The first-order valence-electron chi connectivity index (χ1n) is 9.77. The molecule has 2 heterocycles. The Morgan fingerprint density at radius 3 is 2.66 bits per heavy atom. The first-order chi connectivity index (χ1) is 13.9. The van der Waals surface area contributed by atoms with E-state index in [2.05, 4.69) is 24.2 Å². The van der Waals surface area contributed by atoms with Gasteiger partial charge in [-0.15, -0.1) is 0 Å². The van der Waals surface area contributed by atoms with E-state index >= 15 is 0 Å². The van der Waals surface area contributed by atoms with Crippen LogP contribution in [0.15, 0.2) is 47.5 Å². The fourth-order valence-corrected chi connectivity index (χ4v) is 3.57. The third-order valence-electron chi connectivity index (χ3n) is 5.17. The molecule has 0 saturated heterocycles. The number of aliphatic imine (C=N–C) groups is 1. The summed E-state index contributed by atoms with van der Waals surface area (Å²) in [6.45, 7) is 5.59. The van der Waals surface area contributed by atoms with E-state index in [1.54, 1.807) is 23.1 Å². The van der Waals surface area contributed by atoms with Crippen molar-refractivity contribution in [2.45, 2.75) is 26.2 Å². The summed E-state index contributed by atoms with van der Waals surface area (Å²) in [6.07, 6.45) is 0.242. The lowest BCUT2D eigenvalue weighted by Crippen LogP contribution is -2.52. The largest absolute Gasteiger partial charge is 0.417 e. The quantitative estimate of drug-likeness (QED) is 0.854. The topological polar surface area (TPSA) is 74.2 Å². The molecule has 2 aromatic carbocycles. The van der Waals surface area contributed by atoms with Gasteiger partial charge >= 0.3 is 6.09 Å². The maximum atomic E-state index is 12.9. The zero-order chi connectivity index (χ0) is 20.5. The molecule has 0 radical (unpaired) electrons. The molecule has 2 aromatic rings. The SMILES string of the molecule is CC(C)c1ccc(NC(=O)Oc2ccc3c(c2)C(=O)N2CCCN=C2N3C)cc1. The Morgan fingerprint density at radius 2 is 1.93 bits per heavy atom. The van der Waals surface area contributed by atoms with E-state index in [1.807, 2.05) is 36.2 Å². The van der Waals surface area contributed by atoms with Crippen molar-refractivity contribution in [2.24, 2.45) is 4.99 Å². The molecule has 0 aromatic heterocycles. The third-order valence-corrected chi connectivity index (χ3v) is 5.17. The van der Waals surface area contributed by atoms with Gasteiger partial charge in [-0.2, -0.15) is 0 Å². The number of carbonyl (C=O) groups excluding carboxylic acids is 2. The van der Waals surface area contributed by atoms with Gasteiger partial charge in [0.25, 0.3) is 5.91 Å². The number of carbonyl (C=O) groups is 2. The summed E-state index contributed by atoms with van der Waals surface area (Å²) < 4.78 is 5.41. The minimum absolute atomic E-state index is 0.119. The number of anilines is 2. The summed E-state index contributed by atoms with van der Waals surface area (Å²) in [4.78, 5) is 33.2. The Hall–Kier alpha value is -3.35. The van der Waals surface area contributed by atoms with Crippen LogP contribution in [0.3, 0.4) is 0 Å². The van der Waals surface area contributed by atoms with Crippen LogP contribution < -0.4 is 15.0 Å². The number of amides is 2. The second-order valence-corrected chi connectivity index (χ2v) is 7.52. The van der Waals surface area contributed by atoms with Crippen LogP contribution in [-0.2, 0) is 0 Å². The third kappa shape index (κ3) is 3.68. The second-order valence-electron chi connectivity index (χ2n) is 7.52. The molecule has 0 spiro atoms. The lowest BCUT2D eigenvalue weighted by atomic mass is 10.0. The fraction of sp³-hybridized carbons (Fsp3) is 0.318. The van der Waals surface area contributed by atoms with E-state index in [-0.39, 0.29) is 5.91 Å². The normalized spacial score (nSPS) is 15.6. The van der Waals surface area contributed by atoms with E-state index in [0.717, 1.165) is 18.7 Å². The van der Waals surface area contributed by atoms with E-state index in [0.29, 0.717) is 35.4 Å². The van der Waals surface area contributed by atoms with Crippen molar-refractivity contribution in [3.63, 3.8) is 0 Å². The van der Waals surface area contributed by atoms with Gasteiger partial charge in [-0.25, -0.2) is 4.79 Å². The van der Waals surface area contributed by atoms with Crippen LogP contribution in [0.2, 0.25) is 0 Å². The zero-order valence-corrected chi connectivity index (χ0v) is 16.8. The summed E-state index contributed by atoms with van der Waals surface area (Å²) in [5.41, 5.74) is 3.10. The predicted octanol–water partition coefficient (Wildman–Crippen LogP) is 4.07. The van der Waals surface area contributed by atoms with Gasteiger partial charge in [0, 0.05) is 25.8 Å². The van der Waals surface area contributed by atoms with Crippen molar-refractivity contribution in [1.29, 1.82) is 0 Å². The lowest BCUT2D eigenvalue weighted by Gasteiger charge is -2.38. The van der Waals surface area contributed by atoms with Gasteiger partial charge in [-0.3, -0.25) is 20.0 Å². The average molecular weight is 392 g/mol. The average Bonchev–Trinajstić information content (AvgIpc) is 2.72. The minimum Gasteiger partial charge on any atom is -0.410 e. The van der Waals surface area contributed by atoms with Crippen molar-refractivity contribution in [2.75, 3.05) is 30.4 Å². The van der Waals surface area contributed by atoms with Crippen molar-refractivity contribution in [1.82, 2.24) is 4.90 Å². The first-order valence-corrected chi connectivity index (χ1v) is 9.77. The monoisotopic (exact) mass is 392 g/mol. The van der Waals surface area contributed by atoms with Crippen molar-refractivity contribution < 1.29 is 14.3 Å². The summed E-state index contributed by atoms with van der Waals surface area (Å²) in [6, 6.07) is 12.7. The molecule has 0 aliphatic carbocycles. The maximum absolute atomic E-state index is 12.9. The molecule has 2 aliphatic rings. The Bertz CT molecular complexity index is 982. The number of nitrogens with zero attached hydrogens (tertiary/aromatic N) is 3. The van der Waals surface area contributed by atoms with Gasteiger partial charge in [-0.05, 0) is 48.2 Å². The molecule has 1 N–H and O–H groups in total. The van der Waals surface area contributed by atoms with Crippen molar-refractivity contribution in [3.8, 4) is 5.75 Å². The highest BCUT2D eigenvalue weighted by Crippen LogP contribution is 2.32. The Balaban J connectivity index is 1.50. The highest BCUT2D eigenvalue weighted by molar-refractivity contribution is 6.18. The smallest absolute Gasteiger partial charge is 0.410 e. The predicted molar refractivity (Wildman–Crippen MR) is 113 cm³/mol. The number of ether oxygens (including phenoxy) is 1. The van der Waals surface area contributed by atoms with Crippen LogP contribution in [0.1, 0.15) is 42.1 Å². The van der Waals surface area contributed by atoms with Crippen LogP contribution in [0, 0.1) is 0 Å². The molecule has 0 unspecified atom stereocenters. The number of guanidine groups is 1. The number of rotatable bonds is 3. The van der Waals surface area contributed by atoms with Crippen LogP contribution in [-0.4, -0.2) is 43.0 Å². The highest BCUT2D eigenvalue weighted by Gasteiger charge is 2.34. The molecule has 0 fully saturated rings. The first kappa shape index (κ1) is 19.0. The molecule has 150 valence electrons. The number of hydrogen-bond donors (Lipinski definition) is 1. The van der Waals surface area contributed by atoms with Crippen LogP contribution in [0.5, 0.6) is 5.75 Å². The Kier molecular flexibility index (Phi) is 4.96. The molecule has 2 amide bonds. The van der Waals surface area contributed by atoms with Gasteiger partial charge in [0.1, 0.15) is 5.75 Å². The van der Waals surface area contributed by atoms with Gasteiger partial charge in [0.15, 0.2) is 0 Å².